The van der Waals surface area contributed by atoms with Gasteiger partial charge >= 0.3 is 0 Å². The largest absolute Gasteiger partial charge is 0.378 e. The SMILES string of the molecule is Brc1ccc(CNc2ccc(N3CCCC3)nc2)nc1. The number of aromatic nitrogens is 2. The summed E-state index contributed by atoms with van der Waals surface area (Å²) in [4.78, 5) is 11.2. The van der Waals surface area contributed by atoms with E-state index >= 15 is 0 Å². The van der Waals surface area contributed by atoms with Crippen LogP contribution in [-0.2, 0) is 6.54 Å². The highest BCUT2D eigenvalue weighted by Crippen LogP contribution is 2.19. The first-order valence-electron chi connectivity index (χ1n) is 6.86. The molecule has 0 spiro atoms. The molecule has 0 aliphatic carbocycles. The highest BCUT2D eigenvalue weighted by molar-refractivity contribution is 9.10. The van der Waals surface area contributed by atoms with Crippen LogP contribution in [0.2, 0.25) is 0 Å². The summed E-state index contributed by atoms with van der Waals surface area (Å²) in [6, 6.07) is 8.17. The van der Waals surface area contributed by atoms with E-state index in [1.54, 1.807) is 0 Å². The normalized spacial score (nSPS) is 14.6. The van der Waals surface area contributed by atoms with Crippen molar-refractivity contribution >= 4 is 27.4 Å². The Balaban J connectivity index is 1.59. The summed E-state index contributed by atoms with van der Waals surface area (Å²) >= 11 is 3.38. The van der Waals surface area contributed by atoms with Gasteiger partial charge in [-0.05, 0) is 53.0 Å². The molecule has 0 aromatic carbocycles. The van der Waals surface area contributed by atoms with Crippen LogP contribution in [0, 0.1) is 0 Å². The van der Waals surface area contributed by atoms with Crippen LogP contribution in [0.3, 0.4) is 0 Å². The molecule has 1 aliphatic heterocycles. The fraction of sp³-hybridized carbons (Fsp3) is 0.333. The molecule has 20 heavy (non-hydrogen) atoms. The van der Waals surface area contributed by atoms with E-state index in [9.17, 15) is 0 Å². The molecule has 2 aromatic rings. The minimum atomic E-state index is 0.706. The third kappa shape index (κ3) is 3.28. The van der Waals surface area contributed by atoms with Crippen molar-refractivity contribution in [3.05, 3.63) is 46.8 Å². The number of rotatable bonds is 4. The van der Waals surface area contributed by atoms with E-state index in [0.717, 1.165) is 34.8 Å². The second kappa shape index (κ2) is 6.22. The molecule has 1 N–H and O–H groups in total. The Morgan fingerprint density at radius 3 is 2.55 bits per heavy atom. The van der Waals surface area contributed by atoms with Crippen molar-refractivity contribution in [2.24, 2.45) is 0 Å². The van der Waals surface area contributed by atoms with E-state index in [1.165, 1.54) is 12.8 Å². The Morgan fingerprint density at radius 2 is 1.90 bits per heavy atom. The maximum Gasteiger partial charge on any atom is 0.128 e. The lowest BCUT2D eigenvalue weighted by Crippen LogP contribution is -2.18. The smallest absolute Gasteiger partial charge is 0.128 e. The number of hydrogen-bond acceptors (Lipinski definition) is 4. The second-order valence-electron chi connectivity index (χ2n) is 4.92. The van der Waals surface area contributed by atoms with Gasteiger partial charge in [0.2, 0.25) is 0 Å². The van der Waals surface area contributed by atoms with Gasteiger partial charge < -0.3 is 10.2 Å². The molecular weight excluding hydrogens is 316 g/mol. The number of nitrogens with zero attached hydrogens (tertiary/aromatic N) is 3. The summed E-state index contributed by atoms with van der Waals surface area (Å²) in [7, 11) is 0. The molecule has 1 aliphatic rings. The number of halogens is 1. The lowest BCUT2D eigenvalue weighted by atomic mass is 10.3. The Morgan fingerprint density at radius 1 is 1.05 bits per heavy atom. The van der Waals surface area contributed by atoms with Crippen LogP contribution in [0.4, 0.5) is 11.5 Å². The van der Waals surface area contributed by atoms with Crippen LogP contribution in [0.5, 0.6) is 0 Å². The van der Waals surface area contributed by atoms with Gasteiger partial charge in [-0.2, -0.15) is 0 Å². The van der Waals surface area contributed by atoms with Crippen molar-refractivity contribution < 1.29 is 0 Å². The first kappa shape index (κ1) is 13.4. The fourth-order valence-electron chi connectivity index (χ4n) is 2.33. The molecule has 3 heterocycles. The Kier molecular flexibility index (Phi) is 4.16. The predicted octanol–water partition coefficient (Wildman–Crippen LogP) is 3.45. The highest BCUT2D eigenvalue weighted by atomic mass is 79.9. The molecule has 1 fully saturated rings. The molecule has 0 unspecified atom stereocenters. The minimum absolute atomic E-state index is 0.706. The van der Waals surface area contributed by atoms with E-state index in [0.29, 0.717) is 6.54 Å². The van der Waals surface area contributed by atoms with Gasteiger partial charge in [-0.3, -0.25) is 4.98 Å². The summed E-state index contributed by atoms with van der Waals surface area (Å²) in [5.74, 6) is 1.08. The van der Waals surface area contributed by atoms with Crippen LogP contribution in [0.1, 0.15) is 18.5 Å². The molecule has 104 valence electrons. The standard InChI is InChI=1S/C15H17BrN4/c16-12-3-4-13(17-9-12)10-18-14-5-6-15(19-11-14)20-7-1-2-8-20/h3-6,9,11,18H,1-2,7-8,10H2. The highest BCUT2D eigenvalue weighted by Gasteiger charge is 2.12. The molecule has 4 nitrogen and oxygen atoms in total. The number of pyridine rings is 2. The minimum Gasteiger partial charge on any atom is -0.378 e. The van der Waals surface area contributed by atoms with Crippen LogP contribution in [0.15, 0.2) is 41.1 Å². The third-order valence-corrected chi connectivity index (χ3v) is 3.91. The van der Waals surface area contributed by atoms with Crippen molar-refractivity contribution in [2.75, 3.05) is 23.3 Å². The second-order valence-corrected chi connectivity index (χ2v) is 5.84. The van der Waals surface area contributed by atoms with Gasteiger partial charge in [-0.25, -0.2) is 4.98 Å². The van der Waals surface area contributed by atoms with Crippen LogP contribution in [0.25, 0.3) is 0 Å². The maximum atomic E-state index is 4.52. The lowest BCUT2D eigenvalue weighted by molar-refractivity contribution is 0.936. The summed E-state index contributed by atoms with van der Waals surface area (Å²) in [5, 5.41) is 3.34. The first-order valence-corrected chi connectivity index (χ1v) is 7.66. The van der Waals surface area contributed by atoms with Gasteiger partial charge in [0.15, 0.2) is 0 Å². The monoisotopic (exact) mass is 332 g/mol. The van der Waals surface area contributed by atoms with Gasteiger partial charge in [-0.15, -0.1) is 0 Å². The molecular formula is C15H17BrN4. The summed E-state index contributed by atoms with van der Waals surface area (Å²) in [5.41, 5.74) is 2.04. The van der Waals surface area contributed by atoms with Crippen LogP contribution in [-0.4, -0.2) is 23.1 Å². The van der Waals surface area contributed by atoms with Gasteiger partial charge in [0.05, 0.1) is 24.1 Å². The van der Waals surface area contributed by atoms with Gasteiger partial charge in [0, 0.05) is 23.8 Å². The van der Waals surface area contributed by atoms with E-state index in [2.05, 4.69) is 48.2 Å². The Labute approximate surface area is 127 Å². The van der Waals surface area contributed by atoms with Crippen molar-refractivity contribution in [1.82, 2.24) is 9.97 Å². The molecule has 2 aromatic heterocycles. The lowest BCUT2D eigenvalue weighted by Gasteiger charge is -2.16. The average Bonchev–Trinajstić information content (AvgIpc) is 3.01. The van der Waals surface area contributed by atoms with E-state index in [-0.39, 0.29) is 0 Å². The Hall–Kier alpha value is -1.62. The zero-order valence-corrected chi connectivity index (χ0v) is 12.8. The Bertz CT molecular complexity index is 547. The molecule has 0 amide bonds. The van der Waals surface area contributed by atoms with Gasteiger partial charge in [-0.1, -0.05) is 0 Å². The molecule has 0 saturated carbocycles. The number of hydrogen-bond donors (Lipinski definition) is 1. The van der Waals surface area contributed by atoms with Crippen molar-refractivity contribution in [3.63, 3.8) is 0 Å². The molecule has 0 bridgehead atoms. The van der Waals surface area contributed by atoms with Gasteiger partial charge in [0.1, 0.15) is 5.82 Å². The quantitative estimate of drug-likeness (QED) is 0.930. The topological polar surface area (TPSA) is 41.0 Å². The van der Waals surface area contributed by atoms with Gasteiger partial charge in [0.25, 0.3) is 0 Å². The average molecular weight is 333 g/mol. The summed E-state index contributed by atoms with van der Waals surface area (Å²) in [6.07, 6.45) is 6.26. The van der Waals surface area contributed by atoms with Crippen LogP contribution >= 0.6 is 15.9 Å². The predicted molar refractivity (Wildman–Crippen MR) is 84.9 cm³/mol. The summed E-state index contributed by atoms with van der Waals surface area (Å²) < 4.78 is 0.998. The van der Waals surface area contributed by atoms with Crippen molar-refractivity contribution in [2.45, 2.75) is 19.4 Å². The van der Waals surface area contributed by atoms with Crippen molar-refractivity contribution in [3.8, 4) is 0 Å². The molecule has 1 saturated heterocycles. The zero-order chi connectivity index (χ0) is 13.8. The number of nitrogens with one attached hydrogen (secondary N) is 1. The first-order chi connectivity index (χ1) is 9.81. The zero-order valence-electron chi connectivity index (χ0n) is 11.2. The van der Waals surface area contributed by atoms with Crippen molar-refractivity contribution in [1.29, 1.82) is 0 Å². The summed E-state index contributed by atoms with van der Waals surface area (Å²) in [6.45, 7) is 2.96. The molecule has 3 rings (SSSR count). The fourth-order valence-corrected chi connectivity index (χ4v) is 2.56. The molecule has 0 atom stereocenters. The third-order valence-electron chi connectivity index (χ3n) is 3.44. The van der Waals surface area contributed by atoms with E-state index in [4.69, 9.17) is 0 Å². The van der Waals surface area contributed by atoms with E-state index < -0.39 is 0 Å². The van der Waals surface area contributed by atoms with E-state index in [1.807, 2.05) is 24.5 Å². The van der Waals surface area contributed by atoms with Crippen LogP contribution < -0.4 is 10.2 Å². The maximum absolute atomic E-state index is 4.52. The number of anilines is 2. The molecule has 5 heteroatoms. The molecule has 0 radical (unpaired) electrons.